The first-order chi connectivity index (χ1) is 4.71. The van der Waals surface area contributed by atoms with Crippen LogP contribution in [-0.2, 0) is 0 Å². The Morgan fingerprint density at radius 1 is 1.09 bits per heavy atom. The van der Waals surface area contributed by atoms with Crippen LogP contribution in [0.5, 0.6) is 0 Å². The summed E-state index contributed by atoms with van der Waals surface area (Å²) in [5.74, 6) is 0. The van der Waals surface area contributed by atoms with E-state index < -0.39 is 5.60 Å². The summed E-state index contributed by atoms with van der Waals surface area (Å²) in [7, 11) is 0. The summed E-state index contributed by atoms with van der Waals surface area (Å²) in [5, 5.41) is 10.2. The van der Waals surface area contributed by atoms with E-state index in [0.717, 1.165) is 0 Å². The van der Waals surface area contributed by atoms with Gasteiger partial charge in [0.05, 0.1) is 5.60 Å². The van der Waals surface area contributed by atoms with Crippen LogP contribution in [0.2, 0.25) is 0 Å². The third kappa shape index (κ3) is 1.20. The first-order valence-electron chi connectivity index (χ1n) is 4.43. The predicted octanol–water partition coefficient (Wildman–Crippen LogP) is 2.58. The summed E-state index contributed by atoms with van der Waals surface area (Å²) in [4.78, 5) is 0. The zero-order valence-corrected chi connectivity index (χ0v) is 8.36. The van der Waals surface area contributed by atoms with Gasteiger partial charge in [-0.1, -0.05) is 27.7 Å². The van der Waals surface area contributed by atoms with Gasteiger partial charge in [0.2, 0.25) is 0 Å². The van der Waals surface area contributed by atoms with Crippen LogP contribution >= 0.6 is 0 Å². The Balaban J connectivity index is 2.82. The minimum atomic E-state index is -0.514. The van der Waals surface area contributed by atoms with Gasteiger partial charge in [0.15, 0.2) is 0 Å². The van der Waals surface area contributed by atoms with Gasteiger partial charge < -0.3 is 5.11 Å². The van der Waals surface area contributed by atoms with E-state index in [-0.39, 0.29) is 10.8 Å². The van der Waals surface area contributed by atoms with Crippen molar-refractivity contribution in [1.82, 2.24) is 0 Å². The van der Waals surface area contributed by atoms with E-state index in [4.69, 9.17) is 0 Å². The molecule has 0 bridgehead atoms. The van der Waals surface area contributed by atoms with Crippen molar-refractivity contribution in [3.8, 4) is 0 Å². The van der Waals surface area contributed by atoms with Crippen LogP contribution in [0.25, 0.3) is 0 Å². The predicted molar refractivity (Wildman–Crippen MR) is 47.4 cm³/mol. The Bertz CT molecular complexity index is 151. The van der Waals surface area contributed by atoms with E-state index in [9.17, 15) is 5.11 Å². The van der Waals surface area contributed by atoms with Crippen molar-refractivity contribution >= 4 is 0 Å². The quantitative estimate of drug-likeness (QED) is 0.618. The Hall–Kier alpha value is -0.0400. The second-order valence-corrected chi connectivity index (χ2v) is 5.38. The lowest BCUT2D eigenvalue weighted by molar-refractivity contribution is -0.0954. The topological polar surface area (TPSA) is 20.2 Å². The first kappa shape index (κ1) is 9.05. The molecular formula is C10H20O. The Labute approximate surface area is 69.8 Å². The van der Waals surface area contributed by atoms with Crippen molar-refractivity contribution in [3.05, 3.63) is 0 Å². The molecule has 1 aliphatic rings. The summed E-state index contributed by atoms with van der Waals surface area (Å²) in [6.07, 6.45) is 2.36. The van der Waals surface area contributed by atoms with E-state index >= 15 is 0 Å². The molecule has 0 radical (unpaired) electrons. The molecule has 0 aromatic heterocycles. The van der Waals surface area contributed by atoms with Crippen molar-refractivity contribution in [2.24, 2.45) is 10.8 Å². The third-order valence-corrected chi connectivity index (χ3v) is 3.64. The highest BCUT2D eigenvalue weighted by Gasteiger charge is 2.57. The van der Waals surface area contributed by atoms with E-state index in [1.807, 2.05) is 6.92 Å². The van der Waals surface area contributed by atoms with Crippen LogP contribution < -0.4 is 0 Å². The van der Waals surface area contributed by atoms with Crippen LogP contribution in [0.15, 0.2) is 0 Å². The van der Waals surface area contributed by atoms with Crippen molar-refractivity contribution in [2.75, 3.05) is 0 Å². The highest BCUT2D eigenvalue weighted by atomic mass is 16.3. The molecule has 0 heterocycles. The molecule has 1 atom stereocenters. The Kier molecular flexibility index (Phi) is 1.65. The molecule has 1 aliphatic carbocycles. The van der Waals surface area contributed by atoms with E-state index in [2.05, 4.69) is 27.7 Å². The Morgan fingerprint density at radius 3 is 1.55 bits per heavy atom. The normalized spacial score (nSPS) is 27.8. The molecule has 0 saturated heterocycles. The molecular weight excluding hydrogens is 136 g/mol. The monoisotopic (exact) mass is 156 g/mol. The molecule has 0 aliphatic heterocycles. The summed E-state index contributed by atoms with van der Waals surface area (Å²) >= 11 is 0. The fourth-order valence-corrected chi connectivity index (χ4v) is 1.58. The molecule has 66 valence electrons. The van der Waals surface area contributed by atoms with E-state index in [1.54, 1.807) is 0 Å². The third-order valence-electron chi connectivity index (χ3n) is 3.64. The number of hydrogen-bond donors (Lipinski definition) is 1. The van der Waals surface area contributed by atoms with Crippen LogP contribution in [0.3, 0.4) is 0 Å². The van der Waals surface area contributed by atoms with Gasteiger partial charge >= 0.3 is 0 Å². The number of aliphatic hydroxyl groups is 1. The summed E-state index contributed by atoms with van der Waals surface area (Å²) < 4.78 is 0. The highest BCUT2D eigenvalue weighted by Crippen LogP contribution is 2.59. The molecule has 1 heteroatoms. The summed E-state index contributed by atoms with van der Waals surface area (Å²) in [6, 6.07) is 0. The lowest BCUT2D eigenvalue weighted by Gasteiger charge is -2.42. The highest BCUT2D eigenvalue weighted by molar-refractivity contribution is 5.07. The standard InChI is InChI=1S/C10H20O/c1-8(2,3)10(5,11)9(4)6-7-9/h11H,6-7H2,1-5H3. The van der Waals surface area contributed by atoms with Crippen molar-refractivity contribution < 1.29 is 5.11 Å². The maximum Gasteiger partial charge on any atom is 0.0721 e. The fraction of sp³-hybridized carbons (Fsp3) is 1.00. The largest absolute Gasteiger partial charge is 0.389 e. The van der Waals surface area contributed by atoms with Gasteiger partial charge in [-0.05, 0) is 30.6 Å². The smallest absolute Gasteiger partial charge is 0.0721 e. The number of rotatable bonds is 1. The van der Waals surface area contributed by atoms with Crippen LogP contribution in [0.1, 0.15) is 47.5 Å². The lowest BCUT2D eigenvalue weighted by Crippen LogP contribution is -2.46. The molecule has 1 unspecified atom stereocenters. The van der Waals surface area contributed by atoms with Crippen LogP contribution in [0.4, 0.5) is 0 Å². The zero-order valence-electron chi connectivity index (χ0n) is 8.36. The average molecular weight is 156 g/mol. The van der Waals surface area contributed by atoms with Gasteiger partial charge in [-0.3, -0.25) is 0 Å². The molecule has 0 aromatic carbocycles. The van der Waals surface area contributed by atoms with Gasteiger partial charge in [-0.15, -0.1) is 0 Å². The minimum Gasteiger partial charge on any atom is -0.389 e. The fourth-order valence-electron chi connectivity index (χ4n) is 1.58. The van der Waals surface area contributed by atoms with Crippen molar-refractivity contribution in [1.29, 1.82) is 0 Å². The lowest BCUT2D eigenvalue weighted by atomic mass is 9.69. The summed E-state index contributed by atoms with van der Waals surface area (Å²) in [5.41, 5.74) is -0.330. The molecule has 11 heavy (non-hydrogen) atoms. The van der Waals surface area contributed by atoms with E-state index in [1.165, 1.54) is 12.8 Å². The van der Waals surface area contributed by atoms with Crippen LogP contribution in [0, 0.1) is 10.8 Å². The molecule has 1 nitrogen and oxygen atoms in total. The van der Waals surface area contributed by atoms with Crippen LogP contribution in [-0.4, -0.2) is 10.7 Å². The molecule has 1 fully saturated rings. The molecule has 1 saturated carbocycles. The van der Waals surface area contributed by atoms with Crippen molar-refractivity contribution in [3.63, 3.8) is 0 Å². The second kappa shape index (κ2) is 2.01. The molecule has 1 rings (SSSR count). The second-order valence-electron chi connectivity index (χ2n) is 5.38. The minimum absolute atomic E-state index is 0.00174. The summed E-state index contributed by atoms with van der Waals surface area (Å²) in [6.45, 7) is 10.5. The van der Waals surface area contributed by atoms with Gasteiger partial charge in [0, 0.05) is 0 Å². The molecule has 0 spiro atoms. The van der Waals surface area contributed by atoms with Gasteiger partial charge in [-0.25, -0.2) is 0 Å². The zero-order chi connectivity index (χ0) is 8.91. The maximum atomic E-state index is 10.2. The number of hydrogen-bond acceptors (Lipinski definition) is 1. The van der Waals surface area contributed by atoms with Gasteiger partial charge in [0.1, 0.15) is 0 Å². The van der Waals surface area contributed by atoms with Gasteiger partial charge in [0.25, 0.3) is 0 Å². The Morgan fingerprint density at radius 2 is 1.45 bits per heavy atom. The average Bonchev–Trinajstić information content (AvgIpc) is 2.45. The maximum absolute atomic E-state index is 10.2. The first-order valence-corrected chi connectivity index (χ1v) is 4.43. The van der Waals surface area contributed by atoms with Gasteiger partial charge in [-0.2, -0.15) is 0 Å². The molecule has 1 N–H and O–H groups in total. The molecule has 0 aromatic rings. The van der Waals surface area contributed by atoms with E-state index in [0.29, 0.717) is 0 Å². The SMILES string of the molecule is CC(C)(C)C(C)(O)C1(C)CC1. The molecule has 0 amide bonds. The van der Waals surface area contributed by atoms with Crippen molar-refractivity contribution in [2.45, 2.75) is 53.1 Å².